The maximum Gasteiger partial charge on any atom is 0.242 e. The molecule has 1 atom stereocenters. The van der Waals surface area contributed by atoms with Gasteiger partial charge in [-0.1, -0.05) is 30.3 Å². The van der Waals surface area contributed by atoms with Crippen molar-refractivity contribution in [2.75, 3.05) is 30.8 Å². The zero-order valence-electron chi connectivity index (χ0n) is 19.7. The standard InChI is InChI=1S/C24H33N3O5S/c1-5-25-24(29)19(2)26(18-20-10-7-6-8-11-20)23(28)12-9-17-27(33(4,30)31)21-13-15-22(32-3)16-14-21/h6-8,10-11,13-16,19H,5,9,12,17-18H2,1-4H3,(H,25,29). The second kappa shape index (κ2) is 12.2. The average Bonchev–Trinajstić information content (AvgIpc) is 2.80. The maximum absolute atomic E-state index is 13.1. The van der Waals surface area contributed by atoms with Crippen LogP contribution in [-0.4, -0.2) is 57.6 Å². The molecule has 2 aromatic carbocycles. The highest BCUT2D eigenvalue weighted by atomic mass is 32.2. The van der Waals surface area contributed by atoms with Crippen molar-refractivity contribution in [2.45, 2.75) is 39.3 Å². The zero-order chi connectivity index (χ0) is 24.4. The molecule has 0 bridgehead atoms. The molecule has 0 aliphatic rings. The van der Waals surface area contributed by atoms with E-state index in [-0.39, 0.29) is 24.8 Å². The van der Waals surface area contributed by atoms with Gasteiger partial charge in [0, 0.05) is 26.1 Å². The van der Waals surface area contributed by atoms with Crippen molar-refractivity contribution in [3.05, 3.63) is 60.2 Å². The van der Waals surface area contributed by atoms with Crippen LogP contribution < -0.4 is 14.4 Å². The fraction of sp³-hybridized carbons (Fsp3) is 0.417. The molecule has 0 heterocycles. The molecule has 1 unspecified atom stereocenters. The van der Waals surface area contributed by atoms with Gasteiger partial charge >= 0.3 is 0 Å². The van der Waals surface area contributed by atoms with E-state index in [1.807, 2.05) is 37.3 Å². The Balaban J connectivity index is 2.12. The number of nitrogens with one attached hydrogen (secondary N) is 1. The fourth-order valence-electron chi connectivity index (χ4n) is 3.44. The molecule has 0 saturated carbocycles. The van der Waals surface area contributed by atoms with Crippen LogP contribution in [0, 0.1) is 0 Å². The molecule has 180 valence electrons. The number of ether oxygens (including phenoxy) is 1. The van der Waals surface area contributed by atoms with Crippen molar-refractivity contribution >= 4 is 27.5 Å². The second-order valence-corrected chi connectivity index (χ2v) is 9.62. The number of methoxy groups -OCH3 is 1. The number of anilines is 1. The molecular formula is C24H33N3O5S. The van der Waals surface area contributed by atoms with Crippen LogP contribution in [0.15, 0.2) is 54.6 Å². The Morgan fingerprint density at radius 3 is 2.24 bits per heavy atom. The zero-order valence-corrected chi connectivity index (χ0v) is 20.5. The number of nitrogens with zero attached hydrogens (tertiary/aromatic N) is 2. The summed E-state index contributed by atoms with van der Waals surface area (Å²) in [5.41, 5.74) is 1.42. The molecule has 2 rings (SSSR count). The van der Waals surface area contributed by atoms with Gasteiger partial charge in [0.25, 0.3) is 0 Å². The summed E-state index contributed by atoms with van der Waals surface area (Å²) >= 11 is 0. The molecule has 0 fully saturated rings. The number of carbonyl (C=O) groups is 2. The summed E-state index contributed by atoms with van der Waals surface area (Å²) in [6, 6.07) is 15.5. The third-order valence-electron chi connectivity index (χ3n) is 5.23. The van der Waals surface area contributed by atoms with E-state index in [2.05, 4.69) is 5.32 Å². The largest absolute Gasteiger partial charge is 0.497 e. The smallest absolute Gasteiger partial charge is 0.242 e. The van der Waals surface area contributed by atoms with Crippen LogP contribution in [0.4, 0.5) is 5.69 Å². The molecular weight excluding hydrogens is 442 g/mol. The Hall–Kier alpha value is -3.07. The molecule has 0 saturated heterocycles. The summed E-state index contributed by atoms with van der Waals surface area (Å²) in [5, 5.41) is 2.76. The van der Waals surface area contributed by atoms with Gasteiger partial charge in [0.2, 0.25) is 21.8 Å². The van der Waals surface area contributed by atoms with Crippen LogP contribution >= 0.6 is 0 Å². The fourth-order valence-corrected chi connectivity index (χ4v) is 4.40. The topological polar surface area (TPSA) is 96.0 Å². The SMILES string of the molecule is CCNC(=O)C(C)N(Cc1ccccc1)C(=O)CCCN(c1ccc(OC)cc1)S(C)(=O)=O. The molecule has 33 heavy (non-hydrogen) atoms. The predicted octanol–water partition coefficient (Wildman–Crippen LogP) is 2.79. The van der Waals surface area contributed by atoms with E-state index in [0.29, 0.717) is 30.9 Å². The van der Waals surface area contributed by atoms with E-state index in [1.54, 1.807) is 36.1 Å². The van der Waals surface area contributed by atoms with E-state index in [0.717, 1.165) is 11.8 Å². The van der Waals surface area contributed by atoms with Gasteiger partial charge in [-0.3, -0.25) is 13.9 Å². The first-order chi connectivity index (χ1) is 15.7. The quantitative estimate of drug-likeness (QED) is 0.509. The summed E-state index contributed by atoms with van der Waals surface area (Å²) in [5.74, 6) is 0.192. The minimum absolute atomic E-state index is 0.110. The lowest BCUT2D eigenvalue weighted by Crippen LogP contribution is -2.47. The van der Waals surface area contributed by atoms with Gasteiger partial charge in [-0.25, -0.2) is 8.42 Å². The molecule has 1 N–H and O–H groups in total. The number of hydrogen-bond acceptors (Lipinski definition) is 5. The number of amides is 2. The Labute approximate surface area is 196 Å². The molecule has 0 aliphatic heterocycles. The van der Waals surface area contributed by atoms with Crippen LogP contribution in [0.1, 0.15) is 32.3 Å². The van der Waals surface area contributed by atoms with Crippen molar-refractivity contribution in [1.82, 2.24) is 10.2 Å². The minimum Gasteiger partial charge on any atom is -0.497 e. The van der Waals surface area contributed by atoms with Crippen LogP contribution in [-0.2, 0) is 26.2 Å². The molecule has 0 aromatic heterocycles. The summed E-state index contributed by atoms with van der Waals surface area (Å²) in [6.07, 6.45) is 1.56. The molecule has 8 nitrogen and oxygen atoms in total. The third kappa shape index (κ3) is 7.78. The first-order valence-corrected chi connectivity index (χ1v) is 12.7. The highest BCUT2D eigenvalue weighted by Gasteiger charge is 2.26. The van der Waals surface area contributed by atoms with Crippen molar-refractivity contribution < 1.29 is 22.7 Å². The monoisotopic (exact) mass is 475 g/mol. The summed E-state index contributed by atoms with van der Waals surface area (Å²) in [4.78, 5) is 27.1. The van der Waals surface area contributed by atoms with Gasteiger partial charge in [-0.15, -0.1) is 0 Å². The number of hydrogen-bond donors (Lipinski definition) is 1. The molecule has 9 heteroatoms. The second-order valence-electron chi connectivity index (χ2n) is 7.71. The number of carbonyl (C=O) groups excluding carboxylic acids is 2. The van der Waals surface area contributed by atoms with E-state index >= 15 is 0 Å². The van der Waals surface area contributed by atoms with Gasteiger partial charge in [0.05, 0.1) is 19.1 Å². The van der Waals surface area contributed by atoms with Crippen molar-refractivity contribution in [3.63, 3.8) is 0 Å². The van der Waals surface area contributed by atoms with E-state index in [1.165, 1.54) is 11.4 Å². The Kier molecular flexibility index (Phi) is 9.72. The van der Waals surface area contributed by atoms with Crippen LogP contribution in [0.25, 0.3) is 0 Å². The Bertz CT molecular complexity index is 1010. The van der Waals surface area contributed by atoms with Gasteiger partial charge in [0.1, 0.15) is 11.8 Å². The summed E-state index contributed by atoms with van der Waals surface area (Å²) in [6.45, 7) is 4.44. The third-order valence-corrected chi connectivity index (χ3v) is 6.42. The first kappa shape index (κ1) is 26.2. The van der Waals surface area contributed by atoms with Gasteiger partial charge < -0.3 is 15.0 Å². The first-order valence-electron chi connectivity index (χ1n) is 10.9. The number of sulfonamides is 1. The lowest BCUT2D eigenvalue weighted by Gasteiger charge is -2.29. The average molecular weight is 476 g/mol. The van der Waals surface area contributed by atoms with Crippen molar-refractivity contribution in [3.8, 4) is 5.75 Å². The Morgan fingerprint density at radius 2 is 1.70 bits per heavy atom. The number of rotatable bonds is 12. The van der Waals surface area contributed by atoms with Crippen LogP contribution in [0.3, 0.4) is 0 Å². The number of likely N-dealkylation sites (N-methyl/N-ethyl adjacent to an activating group) is 1. The van der Waals surface area contributed by atoms with E-state index < -0.39 is 16.1 Å². The van der Waals surface area contributed by atoms with E-state index in [4.69, 9.17) is 4.74 Å². The van der Waals surface area contributed by atoms with Gasteiger partial charge in [-0.05, 0) is 50.1 Å². The van der Waals surface area contributed by atoms with Crippen molar-refractivity contribution in [2.24, 2.45) is 0 Å². The summed E-state index contributed by atoms with van der Waals surface area (Å²) < 4.78 is 31.1. The van der Waals surface area contributed by atoms with E-state index in [9.17, 15) is 18.0 Å². The maximum atomic E-state index is 13.1. The summed E-state index contributed by atoms with van der Waals surface area (Å²) in [7, 11) is -2.00. The predicted molar refractivity (Wildman–Crippen MR) is 130 cm³/mol. The molecule has 0 spiro atoms. The highest BCUT2D eigenvalue weighted by Crippen LogP contribution is 2.22. The van der Waals surface area contributed by atoms with Gasteiger partial charge in [0.15, 0.2) is 0 Å². The lowest BCUT2D eigenvalue weighted by atomic mass is 10.1. The lowest BCUT2D eigenvalue weighted by molar-refractivity contribution is -0.140. The van der Waals surface area contributed by atoms with Gasteiger partial charge in [-0.2, -0.15) is 0 Å². The molecule has 0 radical (unpaired) electrons. The van der Waals surface area contributed by atoms with Crippen LogP contribution in [0.5, 0.6) is 5.75 Å². The number of benzene rings is 2. The molecule has 2 amide bonds. The molecule has 0 aliphatic carbocycles. The minimum atomic E-state index is -3.54. The van der Waals surface area contributed by atoms with Crippen LogP contribution in [0.2, 0.25) is 0 Å². The van der Waals surface area contributed by atoms with Crippen molar-refractivity contribution in [1.29, 1.82) is 0 Å². The molecule has 2 aromatic rings. The normalized spacial score (nSPS) is 12.0. The highest BCUT2D eigenvalue weighted by molar-refractivity contribution is 7.92. The Morgan fingerprint density at radius 1 is 1.06 bits per heavy atom.